The first-order valence-corrected chi connectivity index (χ1v) is 7.08. The summed E-state index contributed by atoms with van der Waals surface area (Å²) in [5.74, 6) is 0.632. The van der Waals surface area contributed by atoms with Crippen LogP contribution in [0.25, 0.3) is 0 Å². The lowest BCUT2D eigenvalue weighted by molar-refractivity contribution is 0.0156. The quantitative estimate of drug-likeness (QED) is 0.919. The Morgan fingerprint density at radius 3 is 2.65 bits per heavy atom. The zero-order valence-corrected chi connectivity index (χ0v) is 12.5. The summed E-state index contributed by atoms with van der Waals surface area (Å²) in [5.41, 5.74) is 0.886. The average Bonchev–Trinajstić information content (AvgIpc) is 2.85. The molecule has 4 heteroatoms. The molecule has 0 radical (unpaired) electrons. The van der Waals surface area contributed by atoms with E-state index in [1.54, 1.807) is 31.2 Å². The number of aryl methyl sites for hydroxylation is 1. The van der Waals surface area contributed by atoms with Crippen molar-refractivity contribution in [1.29, 1.82) is 0 Å². The average molecular weight is 277 g/mol. The van der Waals surface area contributed by atoms with E-state index in [0.717, 1.165) is 31.2 Å². The van der Waals surface area contributed by atoms with Crippen LogP contribution >= 0.6 is 0 Å². The Labute approximate surface area is 120 Å². The highest BCUT2D eigenvalue weighted by Gasteiger charge is 2.33. The molecule has 0 aliphatic heterocycles. The van der Waals surface area contributed by atoms with Gasteiger partial charge in [0.15, 0.2) is 0 Å². The number of hydrogen-bond donors (Lipinski definition) is 1. The molecule has 1 amide bonds. The molecule has 0 saturated heterocycles. The van der Waals surface area contributed by atoms with E-state index < -0.39 is 5.60 Å². The molecule has 1 N–H and O–H groups in total. The number of hydrogen-bond acceptors (Lipinski definition) is 3. The summed E-state index contributed by atoms with van der Waals surface area (Å²) in [6.07, 6.45) is 3.64. The van der Waals surface area contributed by atoms with Crippen LogP contribution < -0.4 is 4.74 Å². The molecule has 1 saturated carbocycles. The topological polar surface area (TPSA) is 49.8 Å². The zero-order valence-electron chi connectivity index (χ0n) is 12.5. The summed E-state index contributed by atoms with van der Waals surface area (Å²) in [6.45, 7) is 2.33. The molecule has 1 aliphatic rings. The number of methoxy groups -OCH3 is 1. The fraction of sp³-hybridized carbons (Fsp3) is 0.562. The van der Waals surface area contributed by atoms with Crippen LogP contribution in [0.4, 0.5) is 0 Å². The number of benzene rings is 1. The number of likely N-dealkylation sites (N-methyl/N-ethyl adjacent to an activating group) is 1. The van der Waals surface area contributed by atoms with E-state index in [9.17, 15) is 9.90 Å². The fourth-order valence-electron chi connectivity index (χ4n) is 2.88. The fourth-order valence-corrected chi connectivity index (χ4v) is 2.88. The molecule has 0 spiro atoms. The molecule has 1 aliphatic carbocycles. The number of ether oxygens (including phenoxy) is 1. The lowest BCUT2D eigenvalue weighted by atomic mass is 10.0. The predicted octanol–water partition coefficient (Wildman–Crippen LogP) is 2.38. The number of aliphatic hydroxyl groups is 1. The lowest BCUT2D eigenvalue weighted by Gasteiger charge is -2.28. The largest absolute Gasteiger partial charge is 0.496 e. The molecule has 2 rings (SSSR count). The van der Waals surface area contributed by atoms with Gasteiger partial charge in [-0.05, 0) is 37.5 Å². The van der Waals surface area contributed by atoms with Crippen molar-refractivity contribution in [3.63, 3.8) is 0 Å². The van der Waals surface area contributed by atoms with Gasteiger partial charge in [0.25, 0.3) is 5.91 Å². The Morgan fingerprint density at radius 1 is 1.40 bits per heavy atom. The Balaban J connectivity index is 2.10. The Hall–Kier alpha value is -1.55. The van der Waals surface area contributed by atoms with Crippen molar-refractivity contribution in [3.8, 4) is 5.75 Å². The summed E-state index contributed by atoms with van der Waals surface area (Å²) in [5, 5.41) is 10.4. The third kappa shape index (κ3) is 3.12. The van der Waals surface area contributed by atoms with Crippen LogP contribution in [-0.2, 0) is 0 Å². The molecule has 0 unspecified atom stereocenters. The van der Waals surface area contributed by atoms with E-state index in [2.05, 4.69) is 0 Å². The van der Waals surface area contributed by atoms with Crippen LogP contribution in [0.3, 0.4) is 0 Å². The van der Waals surface area contributed by atoms with Gasteiger partial charge in [0.2, 0.25) is 0 Å². The van der Waals surface area contributed by atoms with Crippen LogP contribution in [0.5, 0.6) is 5.75 Å². The maximum atomic E-state index is 12.4. The normalized spacial score (nSPS) is 17.0. The van der Waals surface area contributed by atoms with E-state index in [1.165, 1.54) is 0 Å². The molecule has 0 atom stereocenters. The molecule has 110 valence electrons. The smallest absolute Gasteiger partial charge is 0.253 e. The number of nitrogens with zero attached hydrogens (tertiary/aromatic N) is 1. The van der Waals surface area contributed by atoms with Gasteiger partial charge in [0.05, 0.1) is 12.7 Å². The molecule has 0 bridgehead atoms. The molecular weight excluding hydrogens is 254 g/mol. The highest BCUT2D eigenvalue weighted by atomic mass is 16.5. The van der Waals surface area contributed by atoms with Gasteiger partial charge in [-0.25, -0.2) is 0 Å². The third-order valence-electron chi connectivity index (χ3n) is 4.07. The third-order valence-corrected chi connectivity index (χ3v) is 4.07. The number of amides is 1. The molecule has 0 heterocycles. The van der Waals surface area contributed by atoms with Crippen molar-refractivity contribution < 1.29 is 14.6 Å². The van der Waals surface area contributed by atoms with Gasteiger partial charge in [-0.1, -0.05) is 18.9 Å². The van der Waals surface area contributed by atoms with E-state index in [0.29, 0.717) is 17.9 Å². The maximum absolute atomic E-state index is 12.4. The summed E-state index contributed by atoms with van der Waals surface area (Å²) in [4.78, 5) is 14.0. The van der Waals surface area contributed by atoms with Gasteiger partial charge in [-0.2, -0.15) is 0 Å². The lowest BCUT2D eigenvalue weighted by Crippen LogP contribution is -2.42. The van der Waals surface area contributed by atoms with Crippen LogP contribution in [0.1, 0.15) is 41.6 Å². The summed E-state index contributed by atoms with van der Waals surface area (Å²) < 4.78 is 5.25. The Kier molecular flexibility index (Phi) is 4.33. The second-order valence-corrected chi connectivity index (χ2v) is 5.78. The van der Waals surface area contributed by atoms with E-state index >= 15 is 0 Å². The van der Waals surface area contributed by atoms with Gasteiger partial charge in [-0.15, -0.1) is 0 Å². The number of carbonyl (C=O) groups excluding carboxylic acids is 1. The van der Waals surface area contributed by atoms with Gasteiger partial charge in [-0.3, -0.25) is 4.79 Å². The number of rotatable bonds is 4. The minimum atomic E-state index is -0.709. The highest BCUT2D eigenvalue weighted by Crippen LogP contribution is 2.30. The van der Waals surface area contributed by atoms with Crippen molar-refractivity contribution >= 4 is 5.91 Å². The van der Waals surface area contributed by atoms with Gasteiger partial charge >= 0.3 is 0 Å². The minimum absolute atomic E-state index is 0.0800. The summed E-state index contributed by atoms with van der Waals surface area (Å²) in [7, 11) is 3.34. The van der Waals surface area contributed by atoms with Crippen molar-refractivity contribution in [2.24, 2.45) is 0 Å². The van der Waals surface area contributed by atoms with E-state index in [-0.39, 0.29) is 5.91 Å². The SMILES string of the molecule is COc1cc(C(=O)N(C)CC2(O)CCCC2)ccc1C. The molecular formula is C16H23NO3. The predicted molar refractivity (Wildman–Crippen MR) is 78.1 cm³/mol. The van der Waals surface area contributed by atoms with Crippen molar-refractivity contribution in [3.05, 3.63) is 29.3 Å². The first kappa shape index (κ1) is 14.9. The van der Waals surface area contributed by atoms with Crippen molar-refractivity contribution in [2.45, 2.75) is 38.2 Å². The molecule has 4 nitrogen and oxygen atoms in total. The van der Waals surface area contributed by atoms with E-state index in [1.807, 2.05) is 13.0 Å². The Bertz CT molecular complexity index is 492. The number of carbonyl (C=O) groups is 1. The minimum Gasteiger partial charge on any atom is -0.496 e. The van der Waals surface area contributed by atoms with Gasteiger partial charge in [0, 0.05) is 19.2 Å². The monoisotopic (exact) mass is 277 g/mol. The summed E-state index contributed by atoms with van der Waals surface area (Å²) in [6, 6.07) is 5.44. The summed E-state index contributed by atoms with van der Waals surface area (Å²) >= 11 is 0. The first-order valence-electron chi connectivity index (χ1n) is 7.08. The van der Waals surface area contributed by atoms with Crippen molar-refractivity contribution in [2.75, 3.05) is 20.7 Å². The van der Waals surface area contributed by atoms with Crippen LogP contribution in [0.15, 0.2) is 18.2 Å². The van der Waals surface area contributed by atoms with Crippen molar-refractivity contribution in [1.82, 2.24) is 4.90 Å². The second kappa shape index (κ2) is 5.83. The molecule has 1 aromatic rings. The standard InChI is InChI=1S/C16H23NO3/c1-12-6-7-13(10-14(12)20-3)15(18)17(2)11-16(19)8-4-5-9-16/h6-7,10,19H,4-5,8-9,11H2,1-3H3. The van der Waals surface area contributed by atoms with Crippen LogP contribution in [-0.4, -0.2) is 42.2 Å². The van der Waals surface area contributed by atoms with Gasteiger partial charge in [0.1, 0.15) is 5.75 Å². The molecule has 1 fully saturated rings. The zero-order chi connectivity index (χ0) is 14.8. The van der Waals surface area contributed by atoms with Gasteiger partial charge < -0.3 is 14.7 Å². The maximum Gasteiger partial charge on any atom is 0.253 e. The molecule has 20 heavy (non-hydrogen) atoms. The molecule has 1 aromatic carbocycles. The highest BCUT2D eigenvalue weighted by molar-refractivity contribution is 5.94. The van der Waals surface area contributed by atoms with Crippen LogP contribution in [0, 0.1) is 6.92 Å². The first-order chi connectivity index (χ1) is 9.45. The second-order valence-electron chi connectivity index (χ2n) is 5.78. The van der Waals surface area contributed by atoms with Crippen LogP contribution in [0.2, 0.25) is 0 Å². The Morgan fingerprint density at radius 2 is 2.05 bits per heavy atom. The van der Waals surface area contributed by atoms with E-state index in [4.69, 9.17) is 4.74 Å². The molecule has 0 aromatic heterocycles.